The summed E-state index contributed by atoms with van der Waals surface area (Å²) in [6.45, 7) is 3.16. The van der Waals surface area contributed by atoms with Crippen LogP contribution in [-0.4, -0.2) is 44.4 Å². The number of imide groups is 1. The second kappa shape index (κ2) is 8.31. The Kier molecular flexibility index (Phi) is 6.36. The second-order valence-corrected chi connectivity index (χ2v) is 8.68. The number of anilines is 1. The van der Waals surface area contributed by atoms with Gasteiger partial charge in [0.2, 0.25) is 0 Å². The number of esters is 1. The summed E-state index contributed by atoms with van der Waals surface area (Å²) in [5, 5.41) is 4.62. The first-order valence-corrected chi connectivity index (χ1v) is 10.0. The smallest absolute Gasteiger partial charge is 0.325 e. The van der Waals surface area contributed by atoms with Crippen LogP contribution in [0.2, 0.25) is 0 Å². The van der Waals surface area contributed by atoms with Crippen molar-refractivity contribution in [2.75, 3.05) is 23.4 Å². The van der Waals surface area contributed by atoms with Gasteiger partial charge in [-0.05, 0) is 37.8 Å². The molecule has 0 aromatic heterocycles. The number of aryl methyl sites for hydroxylation is 2. The number of nitrogens with one attached hydrogen (secondary N) is 2. The van der Waals surface area contributed by atoms with E-state index in [4.69, 9.17) is 4.74 Å². The molecule has 0 saturated carbocycles. The number of rotatable bonds is 5. The average molecular weight is 382 g/mol. The van der Waals surface area contributed by atoms with Crippen molar-refractivity contribution in [1.82, 2.24) is 5.32 Å². The van der Waals surface area contributed by atoms with Crippen LogP contribution in [0.1, 0.15) is 24.0 Å². The van der Waals surface area contributed by atoms with Crippen LogP contribution >= 0.6 is 0 Å². The molecule has 142 valence electrons. The summed E-state index contributed by atoms with van der Waals surface area (Å²) in [6, 6.07) is 4.72. The summed E-state index contributed by atoms with van der Waals surface area (Å²) in [6.07, 6.45) is 0.364. The van der Waals surface area contributed by atoms with Gasteiger partial charge in [-0.3, -0.25) is 14.9 Å². The Hall–Kier alpha value is -2.42. The largest absolute Gasteiger partial charge is 0.456 e. The summed E-state index contributed by atoms with van der Waals surface area (Å²) in [4.78, 5) is 35.2. The summed E-state index contributed by atoms with van der Waals surface area (Å²) < 4.78 is 27.5. The molecule has 9 heteroatoms. The van der Waals surface area contributed by atoms with Crippen molar-refractivity contribution < 1.29 is 27.5 Å². The summed E-state index contributed by atoms with van der Waals surface area (Å²) in [7, 11) is -3.06. The molecule has 0 spiro atoms. The van der Waals surface area contributed by atoms with Gasteiger partial charge in [0.1, 0.15) is 0 Å². The Morgan fingerprint density at radius 2 is 1.96 bits per heavy atom. The Morgan fingerprint density at radius 1 is 1.23 bits per heavy atom. The molecule has 1 aromatic carbocycles. The van der Waals surface area contributed by atoms with Gasteiger partial charge in [0.15, 0.2) is 16.4 Å². The first-order valence-electron chi connectivity index (χ1n) is 8.19. The Bertz CT molecular complexity index is 819. The predicted molar refractivity (Wildman–Crippen MR) is 95.4 cm³/mol. The SMILES string of the molecule is Cc1ccc(NC(=O)NC(=O)COC(=O)C[C@H]2CCS(=O)(=O)C2)c(C)c1. The fourth-order valence-corrected chi connectivity index (χ4v) is 4.61. The normalized spacial score (nSPS) is 18.2. The van der Waals surface area contributed by atoms with Gasteiger partial charge in [-0.15, -0.1) is 0 Å². The fourth-order valence-electron chi connectivity index (χ4n) is 2.74. The lowest BCUT2D eigenvalue weighted by molar-refractivity contribution is -0.149. The van der Waals surface area contributed by atoms with Crippen LogP contribution in [0.3, 0.4) is 0 Å². The number of benzene rings is 1. The molecule has 1 fully saturated rings. The van der Waals surface area contributed by atoms with Gasteiger partial charge in [-0.1, -0.05) is 17.7 Å². The maximum Gasteiger partial charge on any atom is 0.325 e. The Morgan fingerprint density at radius 3 is 2.58 bits per heavy atom. The first kappa shape index (κ1) is 19.9. The fraction of sp³-hybridized carbons (Fsp3) is 0.471. The highest BCUT2D eigenvalue weighted by Gasteiger charge is 2.30. The predicted octanol–water partition coefficient (Wildman–Crippen LogP) is 1.32. The standard InChI is InChI=1S/C17H22N2O6S/c1-11-3-4-14(12(2)7-11)18-17(22)19-15(20)9-25-16(21)8-13-5-6-26(23,24)10-13/h3-4,7,13H,5-6,8-10H2,1-2H3,(H2,18,19,20,22)/t13-/m1/s1. The van der Waals surface area contributed by atoms with Crippen molar-refractivity contribution in [2.45, 2.75) is 26.7 Å². The average Bonchev–Trinajstić information content (AvgIpc) is 2.87. The zero-order chi connectivity index (χ0) is 19.3. The van der Waals surface area contributed by atoms with Crippen molar-refractivity contribution in [3.63, 3.8) is 0 Å². The molecule has 1 atom stereocenters. The third kappa shape index (κ3) is 6.14. The van der Waals surface area contributed by atoms with Gasteiger partial charge in [-0.2, -0.15) is 0 Å². The van der Waals surface area contributed by atoms with Crippen LogP contribution in [0.15, 0.2) is 18.2 Å². The molecule has 0 bridgehead atoms. The molecular weight excluding hydrogens is 360 g/mol. The molecular formula is C17H22N2O6S. The molecule has 0 unspecified atom stereocenters. The van der Waals surface area contributed by atoms with E-state index in [9.17, 15) is 22.8 Å². The first-order chi connectivity index (χ1) is 12.1. The molecule has 26 heavy (non-hydrogen) atoms. The topological polar surface area (TPSA) is 119 Å². The number of carbonyl (C=O) groups excluding carboxylic acids is 3. The quantitative estimate of drug-likeness (QED) is 0.742. The van der Waals surface area contributed by atoms with Gasteiger partial charge in [0, 0.05) is 12.1 Å². The number of urea groups is 1. The highest BCUT2D eigenvalue weighted by molar-refractivity contribution is 7.91. The lowest BCUT2D eigenvalue weighted by Crippen LogP contribution is -2.37. The van der Waals surface area contributed by atoms with Gasteiger partial charge < -0.3 is 10.1 Å². The zero-order valence-electron chi connectivity index (χ0n) is 14.7. The van der Waals surface area contributed by atoms with Gasteiger partial charge >= 0.3 is 12.0 Å². The number of carbonyl (C=O) groups is 3. The zero-order valence-corrected chi connectivity index (χ0v) is 15.5. The minimum atomic E-state index is -3.06. The highest BCUT2D eigenvalue weighted by atomic mass is 32.2. The summed E-state index contributed by atoms with van der Waals surface area (Å²) in [5.74, 6) is -1.66. The maximum atomic E-state index is 11.8. The third-order valence-electron chi connectivity index (χ3n) is 4.03. The van der Waals surface area contributed by atoms with E-state index < -0.39 is 34.4 Å². The van der Waals surface area contributed by atoms with E-state index in [1.807, 2.05) is 26.0 Å². The second-order valence-electron chi connectivity index (χ2n) is 6.45. The van der Waals surface area contributed by atoms with Crippen molar-refractivity contribution >= 4 is 33.4 Å². The lowest BCUT2D eigenvalue weighted by atomic mass is 10.1. The van der Waals surface area contributed by atoms with E-state index in [1.165, 1.54) is 0 Å². The van der Waals surface area contributed by atoms with Crippen molar-refractivity contribution in [3.05, 3.63) is 29.3 Å². The van der Waals surface area contributed by atoms with Crippen molar-refractivity contribution in [3.8, 4) is 0 Å². The van der Waals surface area contributed by atoms with Crippen molar-refractivity contribution in [1.29, 1.82) is 0 Å². The van der Waals surface area contributed by atoms with Crippen LogP contribution in [0.25, 0.3) is 0 Å². The van der Waals surface area contributed by atoms with Crippen LogP contribution in [0.5, 0.6) is 0 Å². The van der Waals surface area contributed by atoms with Crippen molar-refractivity contribution in [2.24, 2.45) is 5.92 Å². The molecule has 2 rings (SSSR count). The van der Waals surface area contributed by atoms with Crippen LogP contribution < -0.4 is 10.6 Å². The monoisotopic (exact) mass is 382 g/mol. The van der Waals surface area contributed by atoms with E-state index in [0.29, 0.717) is 12.1 Å². The number of hydrogen-bond acceptors (Lipinski definition) is 6. The van der Waals surface area contributed by atoms with Crippen LogP contribution in [0.4, 0.5) is 10.5 Å². The molecule has 1 heterocycles. The Balaban J connectivity index is 1.72. The van der Waals surface area contributed by atoms with E-state index in [0.717, 1.165) is 11.1 Å². The van der Waals surface area contributed by atoms with Gasteiger partial charge in [0.05, 0.1) is 11.5 Å². The molecule has 8 nitrogen and oxygen atoms in total. The number of amides is 3. The Labute approximate surface area is 152 Å². The van der Waals surface area contributed by atoms with Crippen LogP contribution in [0, 0.1) is 19.8 Å². The summed E-state index contributed by atoms with van der Waals surface area (Å²) in [5.41, 5.74) is 2.47. The van der Waals surface area contributed by atoms with Gasteiger partial charge in [-0.25, -0.2) is 13.2 Å². The molecule has 1 saturated heterocycles. The molecule has 2 N–H and O–H groups in total. The van der Waals surface area contributed by atoms with E-state index >= 15 is 0 Å². The van der Waals surface area contributed by atoms with Gasteiger partial charge in [0.25, 0.3) is 5.91 Å². The molecule has 0 aliphatic carbocycles. The lowest BCUT2D eigenvalue weighted by Gasteiger charge is -2.10. The van der Waals surface area contributed by atoms with Crippen LogP contribution in [-0.2, 0) is 24.2 Å². The van der Waals surface area contributed by atoms with E-state index in [2.05, 4.69) is 10.6 Å². The number of ether oxygens (including phenoxy) is 1. The molecule has 3 amide bonds. The molecule has 1 aliphatic rings. The highest BCUT2D eigenvalue weighted by Crippen LogP contribution is 2.21. The number of hydrogen-bond donors (Lipinski definition) is 2. The molecule has 1 aromatic rings. The van der Waals surface area contributed by atoms with E-state index in [-0.39, 0.29) is 23.8 Å². The minimum Gasteiger partial charge on any atom is -0.456 e. The third-order valence-corrected chi connectivity index (χ3v) is 5.87. The minimum absolute atomic E-state index is 0.0351. The maximum absolute atomic E-state index is 11.8. The molecule has 0 radical (unpaired) electrons. The number of sulfone groups is 1. The summed E-state index contributed by atoms with van der Waals surface area (Å²) >= 11 is 0. The molecule has 1 aliphatic heterocycles. The van der Waals surface area contributed by atoms with E-state index in [1.54, 1.807) is 6.07 Å².